The second-order valence-electron chi connectivity index (χ2n) is 6.02. The molecule has 0 amide bonds. The van der Waals surface area contributed by atoms with Gasteiger partial charge in [0.1, 0.15) is 5.58 Å². The third kappa shape index (κ3) is 2.46. The van der Waals surface area contributed by atoms with Crippen LogP contribution in [0.25, 0.3) is 11.0 Å². The molecular formula is C16H22N2O2. The first-order valence-corrected chi connectivity index (χ1v) is 7.15. The van der Waals surface area contributed by atoms with Crippen LogP contribution in [0.4, 0.5) is 0 Å². The molecule has 1 aliphatic rings. The Morgan fingerprint density at radius 2 is 2.15 bits per heavy atom. The van der Waals surface area contributed by atoms with Crippen molar-refractivity contribution in [2.45, 2.75) is 25.5 Å². The lowest BCUT2D eigenvalue weighted by molar-refractivity contribution is -0.0966. The van der Waals surface area contributed by atoms with E-state index in [9.17, 15) is 0 Å². The fraction of sp³-hybridized carbons (Fsp3) is 0.500. The van der Waals surface area contributed by atoms with Crippen molar-refractivity contribution in [3.63, 3.8) is 0 Å². The number of hydrogen-bond acceptors (Lipinski definition) is 4. The molecule has 1 unspecified atom stereocenters. The molecule has 1 aromatic carbocycles. The van der Waals surface area contributed by atoms with E-state index in [1.54, 1.807) is 0 Å². The molecule has 3 rings (SSSR count). The van der Waals surface area contributed by atoms with Gasteiger partial charge in [0.25, 0.3) is 0 Å². The lowest BCUT2D eigenvalue weighted by Crippen LogP contribution is -2.50. The molecule has 1 aromatic heterocycles. The van der Waals surface area contributed by atoms with Gasteiger partial charge in [0.2, 0.25) is 0 Å². The number of nitrogens with two attached hydrogens (primary N) is 1. The molecule has 0 aliphatic carbocycles. The first-order chi connectivity index (χ1) is 9.61. The minimum Gasteiger partial charge on any atom is -0.464 e. The summed E-state index contributed by atoms with van der Waals surface area (Å²) in [5.74, 6) is 0. The van der Waals surface area contributed by atoms with E-state index in [1.807, 2.05) is 24.5 Å². The van der Waals surface area contributed by atoms with Crippen LogP contribution in [0.2, 0.25) is 0 Å². The van der Waals surface area contributed by atoms with E-state index in [4.69, 9.17) is 14.9 Å². The molecule has 1 atom stereocenters. The number of para-hydroxylation sites is 1. The van der Waals surface area contributed by atoms with E-state index in [0.29, 0.717) is 6.54 Å². The minimum absolute atomic E-state index is 0.120. The van der Waals surface area contributed by atoms with Crippen molar-refractivity contribution < 1.29 is 9.15 Å². The summed E-state index contributed by atoms with van der Waals surface area (Å²) in [7, 11) is 0. The van der Waals surface area contributed by atoms with Gasteiger partial charge >= 0.3 is 0 Å². The van der Waals surface area contributed by atoms with Crippen molar-refractivity contribution in [2.24, 2.45) is 5.73 Å². The number of nitrogens with zero attached hydrogens (tertiary/aromatic N) is 1. The summed E-state index contributed by atoms with van der Waals surface area (Å²) in [5.41, 5.74) is 8.04. The zero-order valence-corrected chi connectivity index (χ0v) is 12.1. The molecule has 1 aliphatic heterocycles. The topological polar surface area (TPSA) is 51.6 Å². The Bertz CT molecular complexity index is 591. The molecule has 0 spiro atoms. The van der Waals surface area contributed by atoms with E-state index in [2.05, 4.69) is 24.8 Å². The van der Waals surface area contributed by atoms with Crippen molar-refractivity contribution in [2.75, 3.05) is 26.2 Å². The lowest BCUT2D eigenvalue weighted by Gasteiger charge is -2.41. The average Bonchev–Trinajstić information content (AvgIpc) is 2.83. The third-order valence-corrected chi connectivity index (χ3v) is 3.99. The number of benzene rings is 1. The van der Waals surface area contributed by atoms with Gasteiger partial charge in [0.05, 0.1) is 24.5 Å². The predicted octanol–water partition coefficient (Wildman–Crippen LogP) is 2.54. The fourth-order valence-corrected chi connectivity index (χ4v) is 3.05. The molecule has 2 N–H and O–H groups in total. The lowest BCUT2D eigenvalue weighted by atomic mass is 10.0. The summed E-state index contributed by atoms with van der Waals surface area (Å²) in [4.78, 5) is 2.40. The van der Waals surface area contributed by atoms with Gasteiger partial charge in [-0.1, -0.05) is 18.2 Å². The SMILES string of the molecule is CC1(C)CN(C(CN)c2coc3ccccc23)CCO1. The molecule has 20 heavy (non-hydrogen) atoms. The average molecular weight is 274 g/mol. The number of fused-ring (bicyclic) bond motifs is 1. The second-order valence-corrected chi connectivity index (χ2v) is 6.02. The van der Waals surface area contributed by atoms with Crippen molar-refractivity contribution in [3.05, 3.63) is 36.1 Å². The first-order valence-electron chi connectivity index (χ1n) is 7.15. The quantitative estimate of drug-likeness (QED) is 0.934. The number of rotatable bonds is 3. The van der Waals surface area contributed by atoms with Crippen LogP contribution in [0.3, 0.4) is 0 Å². The molecule has 1 saturated heterocycles. The Hall–Kier alpha value is -1.36. The molecule has 0 bridgehead atoms. The Morgan fingerprint density at radius 3 is 2.90 bits per heavy atom. The monoisotopic (exact) mass is 274 g/mol. The van der Waals surface area contributed by atoms with E-state index in [-0.39, 0.29) is 11.6 Å². The maximum Gasteiger partial charge on any atom is 0.134 e. The highest BCUT2D eigenvalue weighted by atomic mass is 16.5. The van der Waals surface area contributed by atoms with Crippen molar-refractivity contribution >= 4 is 11.0 Å². The molecule has 2 heterocycles. The maximum atomic E-state index is 6.05. The summed E-state index contributed by atoms with van der Waals surface area (Å²) in [6, 6.07) is 8.31. The van der Waals surface area contributed by atoms with E-state index < -0.39 is 0 Å². The largest absolute Gasteiger partial charge is 0.464 e. The van der Waals surface area contributed by atoms with Crippen LogP contribution in [0.1, 0.15) is 25.5 Å². The van der Waals surface area contributed by atoms with Gasteiger partial charge < -0.3 is 14.9 Å². The zero-order chi connectivity index (χ0) is 14.2. The van der Waals surface area contributed by atoms with E-state index in [0.717, 1.165) is 30.7 Å². The van der Waals surface area contributed by atoms with E-state index >= 15 is 0 Å². The van der Waals surface area contributed by atoms with Gasteiger partial charge in [-0.3, -0.25) is 4.90 Å². The Kier molecular flexibility index (Phi) is 3.54. The van der Waals surface area contributed by atoms with Crippen LogP contribution in [-0.2, 0) is 4.74 Å². The highest BCUT2D eigenvalue weighted by molar-refractivity contribution is 5.81. The Morgan fingerprint density at radius 1 is 1.35 bits per heavy atom. The molecule has 4 heteroatoms. The smallest absolute Gasteiger partial charge is 0.134 e. The van der Waals surface area contributed by atoms with Gasteiger partial charge in [-0.15, -0.1) is 0 Å². The third-order valence-electron chi connectivity index (χ3n) is 3.99. The number of morpholine rings is 1. The van der Waals surface area contributed by atoms with Gasteiger partial charge in [0, 0.05) is 30.6 Å². The first kappa shape index (κ1) is 13.6. The molecule has 0 saturated carbocycles. The molecule has 108 valence electrons. The van der Waals surface area contributed by atoms with Gasteiger partial charge in [-0.05, 0) is 19.9 Å². The molecule has 0 radical (unpaired) electrons. The maximum absolute atomic E-state index is 6.05. The van der Waals surface area contributed by atoms with Crippen LogP contribution in [0.5, 0.6) is 0 Å². The number of hydrogen-bond donors (Lipinski definition) is 1. The van der Waals surface area contributed by atoms with Gasteiger partial charge in [-0.2, -0.15) is 0 Å². The van der Waals surface area contributed by atoms with Crippen LogP contribution in [-0.4, -0.2) is 36.7 Å². The van der Waals surface area contributed by atoms with Gasteiger partial charge in [0.15, 0.2) is 0 Å². The number of furan rings is 1. The predicted molar refractivity (Wildman–Crippen MR) is 79.6 cm³/mol. The number of ether oxygens (including phenoxy) is 1. The summed E-state index contributed by atoms with van der Waals surface area (Å²) in [5, 5.41) is 1.16. The van der Waals surface area contributed by atoms with Crippen molar-refractivity contribution in [3.8, 4) is 0 Å². The highest BCUT2D eigenvalue weighted by Crippen LogP contribution is 2.32. The van der Waals surface area contributed by atoms with Crippen molar-refractivity contribution in [1.29, 1.82) is 0 Å². The summed E-state index contributed by atoms with van der Waals surface area (Å²) in [6.07, 6.45) is 1.85. The van der Waals surface area contributed by atoms with E-state index in [1.165, 1.54) is 5.56 Å². The normalized spacial score (nSPS) is 21.1. The molecular weight excluding hydrogens is 252 g/mol. The highest BCUT2D eigenvalue weighted by Gasteiger charge is 2.32. The second kappa shape index (κ2) is 5.20. The van der Waals surface area contributed by atoms with Gasteiger partial charge in [-0.25, -0.2) is 0 Å². The zero-order valence-electron chi connectivity index (χ0n) is 12.1. The van der Waals surface area contributed by atoms with Crippen LogP contribution in [0, 0.1) is 0 Å². The Labute approximate surface area is 119 Å². The molecule has 4 nitrogen and oxygen atoms in total. The Balaban J connectivity index is 1.93. The van der Waals surface area contributed by atoms with Crippen LogP contribution in [0.15, 0.2) is 34.9 Å². The minimum atomic E-state index is -0.120. The molecule has 1 fully saturated rings. The van der Waals surface area contributed by atoms with Crippen LogP contribution >= 0.6 is 0 Å². The standard InChI is InChI=1S/C16H22N2O2/c1-16(2)11-18(7-8-20-16)14(9-17)13-10-19-15-6-4-3-5-12(13)15/h3-6,10,14H,7-9,11,17H2,1-2H3. The van der Waals surface area contributed by atoms with Crippen LogP contribution < -0.4 is 5.73 Å². The molecule has 2 aromatic rings. The summed E-state index contributed by atoms with van der Waals surface area (Å²) in [6.45, 7) is 7.37. The summed E-state index contributed by atoms with van der Waals surface area (Å²) >= 11 is 0. The fourth-order valence-electron chi connectivity index (χ4n) is 3.05. The summed E-state index contributed by atoms with van der Waals surface area (Å²) < 4.78 is 11.5. The van der Waals surface area contributed by atoms with Crippen molar-refractivity contribution in [1.82, 2.24) is 4.90 Å².